The van der Waals surface area contributed by atoms with Gasteiger partial charge in [-0.25, -0.2) is 0 Å². The molecule has 0 saturated heterocycles. The van der Waals surface area contributed by atoms with Gasteiger partial charge in [-0.1, -0.05) is 19.4 Å². The van der Waals surface area contributed by atoms with Crippen LogP contribution in [0.2, 0.25) is 0 Å². The van der Waals surface area contributed by atoms with Gasteiger partial charge in [-0.15, -0.1) is 0 Å². The van der Waals surface area contributed by atoms with Gasteiger partial charge in [0.1, 0.15) is 0 Å². The summed E-state index contributed by atoms with van der Waals surface area (Å²) in [5.74, 6) is 0. The smallest absolute Gasteiger partial charge is 0.0332 e. The molecule has 1 heterocycles. The molecule has 1 heteroatoms. The maximum absolute atomic E-state index is 4.45. The van der Waals surface area contributed by atoms with Crippen molar-refractivity contribution >= 4 is 5.71 Å². The van der Waals surface area contributed by atoms with Gasteiger partial charge in [0.25, 0.3) is 0 Å². The minimum absolute atomic E-state index is 1.19. The molecule has 1 nitrogen and oxygen atoms in total. The number of allylic oxidation sites excluding steroid dienone is 2. The first kappa shape index (κ1) is 7.52. The SMILES string of the molecule is CCCC1=NC(C)=CCC1. The van der Waals surface area contributed by atoms with Gasteiger partial charge < -0.3 is 0 Å². The van der Waals surface area contributed by atoms with E-state index in [1.165, 1.54) is 37.1 Å². The van der Waals surface area contributed by atoms with Crippen LogP contribution in [0.25, 0.3) is 0 Å². The third-order valence-electron chi connectivity index (χ3n) is 1.75. The van der Waals surface area contributed by atoms with Crippen molar-refractivity contribution in [2.75, 3.05) is 0 Å². The summed E-state index contributed by atoms with van der Waals surface area (Å²) >= 11 is 0. The van der Waals surface area contributed by atoms with Gasteiger partial charge in [0.15, 0.2) is 0 Å². The lowest BCUT2D eigenvalue weighted by molar-refractivity contribution is 0.917. The van der Waals surface area contributed by atoms with Gasteiger partial charge in [0.05, 0.1) is 0 Å². The lowest BCUT2D eigenvalue weighted by Crippen LogP contribution is -2.01. The molecule has 0 unspecified atom stereocenters. The Morgan fingerprint density at radius 2 is 2.40 bits per heavy atom. The molecule has 0 bridgehead atoms. The zero-order chi connectivity index (χ0) is 7.40. The van der Waals surface area contributed by atoms with Crippen LogP contribution >= 0.6 is 0 Å². The number of rotatable bonds is 2. The van der Waals surface area contributed by atoms with Gasteiger partial charge in [-0.05, 0) is 26.2 Å². The topological polar surface area (TPSA) is 12.4 Å². The molecule has 0 aliphatic carbocycles. The van der Waals surface area contributed by atoms with Crippen LogP contribution in [0.4, 0.5) is 0 Å². The van der Waals surface area contributed by atoms with Crippen LogP contribution in [0, 0.1) is 0 Å². The van der Waals surface area contributed by atoms with E-state index in [1.54, 1.807) is 0 Å². The number of hydrogen-bond acceptors (Lipinski definition) is 1. The zero-order valence-corrected chi connectivity index (χ0v) is 6.85. The fraction of sp³-hybridized carbons (Fsp3) is 0.667. The second-order valence-electron chi connectivity index (χ2n) is 2.81. The zero-order valence-electron chi connectivity index (χ0n) is 6.85. The van der Waals surface area contributed by atoms with Crippen LogP contribution in [0.15, 0.2) is 16.8 Å². The Balaban J connectivity index is 2.51. The average molecular weight is 137 g/mol. The lowest BCUT2D eigenvalue weighted by Gasteiger charge is -2.08. The molecule has 0 atom stereocenters. The molecular formula is C9H15N. The van der Waals surface area contributed by atoms with Crippen LogP contribution in [0.3, 0.4) is 0 Å². The molecule has 1 aliphatic rings. The summed E-state index contributed by atoms with van der Waals surface area (Å²) in [6.45, 7) is 4.28. The monoisotopic (exact) mass is 137 g/mol. The Morgan fingerprint density at radius 3 is 3.00 bits per heavy atom. The molecule has 0 fully saturated rings. The highest BCUT2D eigenvalue weighted by atomic mass is 14.8. The third-order valence-corrected chi connectivity index (χ3v) is 1.75. The van der Waals surface area contributed by atoms with E-state index < -0.39 is 0 Å². The molecule has 0 aromatic carbocycles. The van der Waals surface area contributed by atoms with Crippen molar-refractivity contribution in [3.8, 4) is 0 Å². The highest BCUT2D eigenvalue weighted by Gasteiger charge is 2.01. The van der Waals surface area contributed by atoms with Crippen molar-refractivity contribution in [1.29, 1.82) is 0 Å². The van der Waals surface area contributed by atoms with Crippen LogP contribution in [-0.2, 0) is 0 Å². The molecule has 0 radical (unpaired) electrons. The van der Waals surface area contributed by atoms with Crippen LogP contribution < -0.4 is 0 Å². The summed E-state index contributed by atoms with van der Waals surface area (Å²) in [6.07, 6.45) is 7.01. The fourth-order valence-electron chi connectivity index (χ4n) is 1.27. The van der Waals surface area contributed by atoms with Crippen molar-refractivity contribution in [3.05, 3.63) is 11.8 Å². The molecule has 0 N–H and O–H groups in total. The fourth-order valence-corrected chi connectivity index (χ4v) is 1.27. The van der Waals surface area contributed by atoms with Crippen LogP contribution in [-0.4, -0.2) is 5.71 Å². The third kappa shape index (κ3) is 1.98. The molecule has 0 saturated carbocycles. The summed E-state index contributed by atoms with van der Waals surface area (Å²) in [5, 5.41) is 0. The molecular weight excluding hydrogens is 122 g/mol. The summed E-state index contributed by atoms with van der Waals surface area (Å²) < 4.78 is 0. The minimum atomic E-state index is 1.19. The summed E-state index contributed by atoms with van der Waals surface area (Å²) in [6, 6.07) is 0. The van der Waals surface area contributed by atoms with E-state index in [2.05, 4.69) is 24.9 Å². The van der Waals surface area contributed by atoms with E-state index in [4.69, 9.17) is 0 Å². The molecule has 56 valence electrons. The largest absolute Gasteiger partial charge is 0.263 e. The van der Waals surface area contributed by atoms with Crippen molar-refractivity contribution in [1.82, 2.24) is 0 Å². The van der Waals surface area contributed by atoms with Gasteiger partial charge in [-0.2, -0.15) is 0 Å². The van der Waals surface area contributed by atoms with E-state index in [0.29, 0.717) is 0 Å². The predicted molar refractivity (Wildman–Crippen MR) is 45.3 cm³/mol. The molecule has 0 aromatic rings. The Kier molecular flexibility index (Phi) is 2.67. The second-order valence-corrected chi connectivity index (χ2v) is 2.81. The van der Waals surface area contributed by atoms with Crippen LogP contribution in [0.5, 0.6) is 0 Å². The molecule has 10 heavy (non-hydrogen) atoms. The first-order chi connectivity index (χ1) is 4.83. The standard InChI is InChI=1S/C9H15N/c1-3-5-9-7-4-6-8(2)10-9/h6H,3-5,7H2,1-2H3. The second kappa shape index (κ2) is 3.55. The Bertz CT molecular complexity index is 166. The lowest BCUT2D eigenvalue weighted by atomic mass is 10.1. The van der Waals surface area contributed by atoms with Gasteiger partial charge in [0, 0.05) is 11.4 Å². The Labute approximate surface area is 62.9 Å². The van der Waals surface area contributed by atoms with E-state index in [-0.39, 0.29) is 0 Å². The van der Waals surface area contributed by atoms with Gasteiger partial charge in [0.2, 0.25) is 0 Å². The van der Waals surface area contributed by atoms with Crippen LogP contribution in [0.1, 0.15) is 39.5 Å². The number of nitrogens with zero attached hydrogens (tertiary/aromatic N) is 1. The van der Waals surface area contributed by atoms with Crippen molar-refractivity contribution in [2.24, 2.45) is 4.99 Å². The van der Waals surface area contributed by atoms with E-state index in [9.17, 15) is 0 Å². The maximum Gasteiger partial charge on any atom is 0.0332 e. The van der Waals surface area contributed by atoms with E-state index in [1.807, 2.05) is 0 Å². The van der Waals surface area contributed by atoms with E-state index in [0.717, 1.165) is 0 Å². The quantitative estimate of drug-likeness (QED) is 0.555. The van der Waals surface area contributed by atoms with Gasteiger partial charge >= 0.3 is 0 Å². The minimum Gasteiger partial charge on any atom is -0.263 e. The Morgan fingerprint density at radius 1 is 1.60 bits per heavy atom. The average Bonchev–Trinajstić information content (AvgIpc) is 1.88. The van der Waals surface area contributed by atoms with Gasteiger partial charge in [-0.3, -0.25) is 4.99 Å². The highest BCUT2D eigenvalue weighted by molar-refractivity contribution is 5.86. The first-order valence-electron chi connectivity index (χ1n) is 4.06. The number of aliphatic imine (C=N–C) groups is 1. The highest BCUT2D eigenvalue weighted by Crippen LogP contribution is 2.12. The summed E-state index contributed by atoms with van der Waals surface area (Å²) in [7, 11) is 0. The van der Waals surface area contributed by atoms with Crippen molar-refractivity contribution < 1.29 is 0 Å². The molecule has 0 spiro atoms. The normalized spacial score (nSPS) is 18.2. The molecule has 0 aromatic heterocycles. The first-order valence-corrected chi connectivity index (χ1v) is 4.06. The molecule has 0 amide bonds. The molecule has 1 aliphatic heterocycles. The molecule has 1 rings (SSSR count). The Hall–Kier alpha value is -0.590. The number of hydrogen-bond donors (Lipinski definition) is 0. The summed E-state index contributed by atoms with van der Waals surface area (Å²) in [5.41, 5.74) is 2.59. The van der Waals surface area contributed by atoms with E-state index >= 15 is 0 Å². The van der Waals surface area contributed by atoms with Crippen molar-refractivity contribution in [2.45, 2.75) is 39.5 Å². The summed E-state index contributed by atoms with van der Waals surface area (Å²) in [4.78, 5) is 4.45. The van der Waals surface area contributed by atoms with Crippen molar-refractivity contribution in [3.63, 3.8) is 0 Å². The maximum atomic E-state index is 4.45. The predicted octanol–water partition coefficient (Wildman–Crippen LogP) is 2.93.